The van der Waals surface area contributed by atoms with E-state index in [4.69, 9.17) is 37.9 Å². The molecular weight excluding hydrogens is 1230 g/mol. The fourth-order valence-corrected chi connectivity index (χ4v) is 12.3. The summed E-state index contributed by atoms with van der Waals surface area (Å²) in [6.45, 7) is 17.7. The summed E-state index contributed by atoms with van der Waals surface area (Å²) in [6.07, 6.45) is 38.3. The maximum atomic E-state index is 13.9. The fourth-order valence-electron chi connectivity index (χ4n) is 12.3. The first kappa shape index (κ1) is 90.5. The lowest BCUT2D eigenvalue weighted by molar-refractivity contribution is -0.171. The van der Waals surface area contributed by atoms with Crippen LogP contribution >= 0.6 is 0 Å². The molecule has 1 rings (SSSR count). The number of rotatable bonds is 68. The molecule has 4 atom stereocenters. The van der Waals surface area contributed by atoms with Crippen molar-refractivity contribution in [2.45, 2.75) is 363 Å². The number of hydrogen-bond donors (Lipinski definition) is 1. The molecule has 0 radical (unpaired) electrons. The molecule has 0 aliphatic carbocycles. The number of amides is 1. The zero-order valence-electron chi connectivity index (χ0n) is 63.0. The maximum Gasteiger partial charge on any atom is 0.407 e. The van der Waals surface area contributed by atoms with E-state index in [0.717, 1.165) is 232 Å². The summed E-state index contributed by atoms with van der Waals surface area (Å²) in [5.74, 6) is -2.74. The number of unbranched alkanes of at least 4 members (excludes halogenated alkanes) is 24. The normalized spacial score (nSPS) is 14.2. The molecular formula is C79H144N2O16. The van der Waals surface area contributed by atoms with Crippen LogP contribution in [0.2, 0.25) is 0 Å². The van der Waals surface area contributed by atoms with Crippen LogP contribution < -0.4 is 5.32 Å². The SMILES string of the molecule is CCCCCCC(CCC(=O)OCC(COC(=O)CCCCCCOC(=O)C(CCCC)CCCCCC)(COC(=O)CCCCCCOC(=O)C(CCCC)CCCCCC)COC(=O)CCCCCCOC(=O)C(CCCC)CCCCCC)OC(=O)NCCN1CCCC1. The zero-order valence-corrected chi connectivity index (χ0v) is 63.0. The Morgan fingerprint density at radius 1 is 0.330 bits per heavy atom. The molecule has 1 saturated heterocycles. The quantitative estimate of drug-likeness (QED) is 0.0339. The van der Waals surface area contributed by atoms with E-state index in [0.29, 0.717) is 90.6 Å². The van der Waals surface area contributed by atoms with Crippen LogP contribution in [0.5, 0.6) is 0 Å². The second-order valence-electron chi connectivity index (χ2n) is 28.1. The molecule has 18 nitrogen and oxygen atoms in total. The minimum atomic E-state index is -1.49. The Morgan fingerprint density at radius 2 is 0.629 bits per heavy atom. The molecule has 4 unspecified atom stereocenters. The molecule has 97 heavy (non-hydrogen) atoms. The Kier molecular flexibility index (Phi) is 59.4. The van der Waals surface area contributed by atoms with Gasteiger partial charge < -0.3 is 48.1 Å². The van der Waals surface area contributed by atoms with Gasteiger partial charge in [0.05, 0.1) is 37.6 Å². The lowest BCUT2D eigenvalue weighted by Gasteiger charge is -2.31. The average molecular weight is 1380 g/mol. The van der Waals surface area contributed by atoms with Crippen molar-refractivity contribution in [3.8, 4) is 0 Å². The highest BCUT2D eigenvalue weighted by atomic mass is 16.6. The third kappa shape index (κ3) is 51.3. The van der Waals surface area contributed by atoms with E-state index >= 15 is 0 Å². The number of esters is 7. The van der Waals surface area contributed by atoms with Gasteiger partial charge >= 0.3 is 47.9 Å². The van der Waals surface area contributed by atoms with E-state index < -0.39 is 48.1 Å². The van der Waals surface area contributed by atoms with Crippen molar-refractivity contribution in [3.63, 3.8) is 0 Å². The minimum absolute atomic E-state index is 0.0720. The Bertz CT molecular complexity index is 1820. The highest BCUT2D eigenvalue weighted by Crippen LogP contribution is 2.27. The van der Waals surface area contributed by atoms with Crippen LogP contribution in [0.4, 0.5) is 4.79 Å². The molecule has 0 bridgehead atoms. The van der Waals surface area contributed by atoms with Crippen LogP contribution in [0.1, 0.15) is 357 Å². The van der Waals surface area contributed by atoms with E-state index in [9.17, 15) is 38.4 Å². The van der Waals surface area contributed by atoms with Crippen molar-refractivity contribution < 1.29 is 76.3 Å². The van der Waals surface area contributed by atoms with Crippen LogP contribution in [-0.2, 0) is 71.5 Å². The van der Waals surface area contributed by atoms with Gasteiger partial charge in [0.15, 0.2) is 0 Å². The van der Waals surface area contributed by atoms with Crippen molar-refractivity contribution in [2.75, 3.05) is 72.4 Å². The van der Waals surface area contributed by atoms with E-state index in [1.54, 1.807) is 0 Å². The number of ether oxygens (including phenoxy) is 8. The molecule has 1 amide bonds. The highest BCUT2D eigenvalue weighted by molar-refractivity contribution is 5.74. The molecule has 1 heterocycles. The van der Waals surface area contributed by atoms with Gasteiger partial charge in [0, 0.05) is 38.8 Å². The molecule has 0 aromatic carbocycles. The van der Waals surface area contributed by atoms with Gasteiger partial charge in [0.2, 0.25) is 0 Å². The van der Waals surface area contributed by atoms with Gasteiger partial charge in [-0.25, -0.2) is 4.79 Å². The van der Waals surface area contributed by atoms with E-state index in [2.05, 4.69) is 58.7 Å². The van der Waals surface area contributed by atoms with Gasteiger partial charge in [-0.1, -0.05) is 222 Å². The molecule has 566 valence electrons. The number of nitrogens with one attached hydrogen (secondary N) is 1. The van der Waals surface area contributed by atoms with Crippen LogP contribution in [0.25, 0.3) is 0 Å². The molecule has 0 spiro atoms. The van der Waals surface area contributed by atoms with Crippen molar-refractivity contribution in [1.29, 1.82) is 0 Å². The summed E-state index contributed by atoms with van der Waals surface area (Å²) in [5, 5.41) is 2.88. The summed E-state index contributed by atoms with van der Waals surface area (Å²) in [7, 11) is 0. The van der Waals surface area contributed by atoms with Crippen molar-refractivity contribution in [1.82, 2.24) is 10.2 Å². The number of carbonyl (C=O) groups excluding carboxylic acids is 8. The van der Waals surface area contributed by atoms with Gasteiger partial charge in [-0.05, 0) is 122 Å². The second-order valence-corrected chi connectivity index (χ2v) is 28.1. The Labute approximate surface area is 590 Å². The number of carbonyl (C=O) groups is 8. The average Bonchev–Trinajstić information content (AvgIpc) is 1.23. The first-order valence-corrected chi connectivity index (χ1v) is 40.0. The summed E-state index contributed by atoms with van der Waals surface area (Å²) in [4.78, 5) is 109. The number of likely N-dealkylation sites (tertiary alicyclic amines) is 1. The Hall–Kier alpha value is -4.48. The lowest BCUT2D eigenvalue weighted by atomic mass is 9.92. The lowest BCUT2D eigenvalue weighted by Crippen LogP contribution is -2.44. The van der Waals surface area contributed by atoms with E-state index in [1.165, 1.54) is 0 Å². The monoisotopic (exact) mass is 1380 g/mol. The van der Waals surface area contributed by atoms with Gasteiger partial charge in [-0.15, -0.1) is 0 Å². The molecule has 1 aliphatic rings. The predicted octanol–water partition coefficient (Wildman–Crippen LogP) is 18.9. The summed E-state index contributed by atoms with van der Waals surface area (Å²) in [5.41, 5.74) is -1.49. The zero-order chi connectivity index (χ0) is 71.1. The third-order valence-corrected chi connectivity index (χ3v) is 18.9. The predicted molar refractivity (Wildman–Crippen MR) is 386 cm³/mol. The minimum Gasteiger partial charge on any atom is -0.465 e. The Balaban J connectivity index is 3.26. The van der Waals surface area contributed by atoms with Crippen molar-refractivity contribution in [3.05, 3.63) is 0 Å². The van der Waals surface area contributed by atoms with Crippen LogP contribution in [0.15, 0.2) is 0 Å². The van der Waals surface area contributed by atoms with Crippen molar-refractivity contribution in [2.24, 2.45) is 23.2 Å². The van der Waals surface area contributed by atoms with Crippen LogP contribution in [0.3, 0.4) is 0 Å². The van der Waals surface area contributed by atoms with Crippen LogP contribution in [-0.4, -0.2) is 131 Å². The molecule has 18 heteroatoms. The van der Waals surface area contributed by atoms with E-state index in [1.807, 2.05) is 0 Å². The smallest absolute Gasteiger partial charge is 0.407 e. The number of nitrogens with zero attached hydrogens (tertiary/aromatic N) is 1. The highest BCUT2D eigenvalue weighted by Gasteiger charge is 2.38. The maximum absolute atomic E-state index is 13.9. The topological polar surface area (TPSA) is 226 Å². The third-order valence-electron chi connectivity index (χ3n) is 18.9. The van der Waals surface area contributed by atoms with Gasteiger partial charge in [-0.3, -0.25) is 33.6 Å². The standard InChI is InChI=1S/C79H144N2O16/c1-8-15-22-32-47-67(44-19-12-5)75(86)90-60-41-29-26-36-51-71(82)93-63-79(64-94-72(83)52-37-27-30-42-61-91-76(87)68(45-20-13-6)48-33-23-16-9-2,65-95-73(84)53-38-28-31-43-62-92-77(88)69(46-21-14-7)49-34-24-17-10-3)66-96-74(85)55-54-70(50-35-25-18-11-4)97-78(89)80-56-59-81-57-39-40-58-81/h67-70H,8-66H2,1-7H3,(H,80,89). The molecule has 1 fully saturated rings. The summed E-state index contributed by atoms with van der Waals surface area (Å²) >= 11 is 0. The molecule has 0 aromatic rings. The number of alkyl carbamates (subject to hydrolysis) is 1. The van der Waals surface area contributed by atoms with Crippen LogP contribution in [0, 0.1) is 23.2 Å². The summed E-state index contributed by atoms with van der Waals surface area (Å²) in [6, 6.07) is 0. The fraction of sp³-hybridized carbons (Fsp3) is 0.899. The molecule has 1 N–H and O–H groups in total. The van der Waals surface area contributed by atoms with E-state index in [-0.39, 0.29) is 87.6 Å². The molecule has 0 saturated carbocycles. The number of hydrogen-bond acceptors (Lipinski definition) is 17. The van der Waals surface area contributed by atoms with Crippen molar-refractivity contribution >= 4 is 47.9 Å². The molecule has 0 aromatic heterocycles. The Morgan fingerprint density at radius 3 is 0.969 bits per heavy atom. The first-order valence-electron chi connectivity index (χ1n) is 40.0. The second kappa shape index (κ2) is 63.7. The van der Waals surface area contributed by atoms with Gasteiger partial charge in [0.1, 0.15) is 37.9 Å². The van der Waals surface area contributed by atoms with Gasteiger partial charge in [0.25, 0.3) is 0 Å². The summed E-state index contributed by atoms with van der Waals surface area (Å²) < 4.78 is 47.0. The van der Waals surface area contributed by atoms with Gasteiger partial charge in [-0.2, -0.15) is 0 Å². The largest absolute Gasteiger partial charge is 0.465 e. The molecule has 1 aliphatic heterocycles. The first-order chi connectivity index (χ1) is 47.2.